The zero-order valence-electron chi connectivity index (χ0n) is 14.6. The first kappa shape index (κ1) is 19.7. The molecule has 1 fully saturated rings. The van der Waals surface area contributed by atoms with Crippen LogP contribution in [0.15, 0.2) is 18.2 Å². The van der Waals surface area contributed by atoms with Gasteiger partial charge in [-0.15, -0.1) is 0 Å². The Morgan fingerprint density at radius 2 is 2.04 bits per heavy atom. The number of rotatable bonds is 6. The number of benzene rings is 1. The molecule has 1 aliphatic heterocycles. The Labute approximate surface area is 149 Å². The van der Waals surface area contributed by atoms with Gasteiger partial charge in [0, 0.05) is 6.04 Å². The number of sulfonamides is 1. The SMILES string of the molecule is CCc1cccc(C)c1N(CC(=O)NC1CCS(=O)(=O)C1)S(C)(=O)=O. The lowest BCUT2D eigenvalue weighted by Crippen LogP contribution is -2.45. The number of hydrogen-bond acceptors (Lipinski definition) is 5. The molecular formula is C16H24N2O5S2. The van der Waals surface area contributed by atoms with Crippen LogP contribution >= 0.6 is 0 Å². The van der Waals surface area contributed by atoms with Gasteiger partial charge in [-0.05, 0) is 30.9 Å². The second-order valence-corrected chi connectivity index (χ2v) is 10.5. The number of amides is 1. The molecule has 0 spiro atoms. The highest BCUT2D eigenvalue weighted by molar-refractivity contribution is 7.92. The van der Waals surface area contributed by atoms with Crippen LogP contribution in [0.3, 0.4) is 0 Å². The molecule has 1 aromatic rings. The number of anilines is 1. The van der Waals surface area contributed by atoms with Gasteiger partial charge in [0.2, 0.25) is 15.9 Å². The van der Waals surface area contributed by atoms with Gasteiger partial charge in [0.05, 0.1) is 23.4 Å². The van der Waals surface area contributed by atoms with E-state index in [0.717, 1.165) is 21.7 Å². The van der Waals surface area contributed by atoms with E-state index in [4.69, 9.17) is 0 Å². The highest BCUT2D eigenvalue weighted by Gasteiger charge is 2.30. The zero-order valence-corrected chi connectivity index (χ0v) is 16.3. The van der Waals surface area contributed by atoms with Crippen molar-refractivity contribution in [3.8, 4) is 0 Å². The molecule has 1 aliphatic rings. The average Bonchev–Trinajstić information content (AvgIpc) is 2.82. The quantitative estimate of drug-likeness (QED) is 0.770. The zero-order chi connectivity index (χ0) is 18.8. The molecule has 0 aliphatic carbocycles. The molecule has 9 heteroatoms. The minimum absolute atomic E-state index is 0.0471. The molecule has 7 nitrogen and oxygen atoms in total. The number of carbonyl (C=O) groups is 1. The first-order chi connectivity index (χ1) is 11.5. The van der Waals surface area contributed by atoms with Crippen LogP contribution in [0.25, 0.3) is 0 Å². The summed E-state index contributed by atoms with van der Waals surface area (Å²) in [6.07, 6.45) is 2.05. The molecule has 1 N–H and O–H groups in total. The third-order valence-corrected chi connectivity index (χ3v) is 7.12. The third-order valence-electron chi connectivity index (χ3n) is 4.24. The first-order valence-corrected chi connectivity index (χ1v) is 11.8. The Bertz CT molecular complexity index is 863. The van der Waals surface area contributed by atoms with Crippen LogP contribution in [0, 0.1) is 6.92 Å². The van der Waals surface area contributed by atoms with E-state index in [1.807, 2.05) is 19.1 Å². The molecule has 1 unspecified atom stereocenters. The smallest absolute Gasteiger partial charge is 0.241 e. The lowest BCUT2D eigenvalue weighted by atomic mass is 10.1. The lowest BCUT2D eigenvalue weighted by Gasteiger charge is -2.26. The van der Waals surface area contributed by atoms with E-state index in [-0.39, 0.29) is 18.1 Å². The second-order valence-electron chi connectivity index (χ2n) is 6.37. The molecule has 1 heterocycles. The van der Waals surface area contributed by atoms with E-state index in [1.54, 1.807) is 13.0 Å². The molecule has 0 radical (unpaired) electrons. The average molecular weight is 389 g/mol. The van der Waals surface area contributed by atoms with Crippen molar-refractivity contribution in [1.29, 1.82) is 0 Å². The van der Waals surface area contributed by atoms with Crippen LogP contribution in [0.5, 0.6) is 0 Å². The minimum atomic E-state index is -3.67. The van der Waals surface area contributed by atoms with Gasteiger partial charge in [-0.2, -0.15) is 0 Å². The number of para-hydroxylation sites is 1. The Morgan fingerprint density at radius 1 is 1.36 bits per heavy atom. The van der Waals surface area contributed by atoms with E-state index < -0.39 is 31.8 Å². The standard InChI is InChI=1S/C16H24N2O5S2/c1-4-13-7-5-6-12(2)16(13)18(24(3,20)21)10-15(19)17-14-8-9-25(22,23)11-14/h5-7,14H,4,8-11H2,1-3H3,(H,17,19). The Kier molecular flexibility index (Phi) is 5.78. The fourth-order valence-electron chi connectivity index (χ4n) is 3.04. The summed E-state index contributed by atoms with van der Waals surface area (Å²) in [7, 11) is -6.78. The van der Waals surface area contributed by atoms with Gasteiger partial charge in [-0.25, -0.2) is 16.8 Å². The van der Waals surface area contributed by atoms with Crippen LogP contribution in [-0.2, 0) is 31.1 Å². The van der Waals surface area contributed by atoms with E-state index in [2.05, 4.69) is 5.32 Å². The Balaban J connectivity index is 2.24. The van der Waals surface area contributed by atoms with Crippen molar-refractivity contribution in [3.05, 3.63) is 29.3 Å². The van der Waals surface area contributed by atoms with Crippen molar-refractivity contribution in [3.63, 3.8) is 0 Å². The summed E-state index contributed by atoms with van der Waals surface area (Å²) in [6, 6.07) is 5.03. The number of nitrogens with one attached hydrogen (secondary N) is 1. The first-order valence-electron chi connectivity index (χ1n) is 8.09. The topological polar surface area (TPSA) is 101 Å². The Morgan fingerprint density at radius 3 is 2.56 bits per heavy atom. The summed E-state index contributed by atoms with van der Waals surface area (Å²) in [6.45, 7) is 3.35. The molecule has 1 amide bonds. The maximum absolute atomic E-state index is 12.3. The van der Waals surface area contributed by atoms with E-state index >= 15 is 0 Å². The fraction of sp³-hybridized carbons (Fsp3) is 0.562. The normalized spacial score (nSPS) is 19.6. The maximum atomic E-state index is 12.3. The molecule has 1 aromatic carbocycles. The van der Waals surface area contributed by atoms with E-state index in [9.17, 15) is 21.6 Å². The minimum Gasteiger partial charge on any atom is -0.351 e. The van der Waals surface area contributed by atoms with Crippen LogP contribution < -0.4 is 9.62 Å². The summed E-state index contributed by atoms with van der Waals surface area (Å²) in [5.41, 5.74) is 2.12. The third kappa shape index (κ3) is 4.94. The molecular weight excluding hydrogens is 364 g/mol. The van der Waals surface area contributed by atoms with Crippen LogP contribution in [0.1, 0.15) is 24.5 Å². The molecule has 1 atom stereocenters. The van der Waals surface area contributed by atoms with Crippen molar-refractivity contribution in [2.75, 3.05) is 28.6 Å². The van der Waals surface area contributed by atoms with Crippen molar-refractivity contribution in [1.82, 2.24) is 5.32 Å². The van der Waals surface area contributed by atoms with Crippen molar-refractivity contribution < 1.29 is 21.6 Å². The molecule has 25 heavy (non-hydrogen) atoms. The molecule has 0 saturated carbocycles. The summed E-state index contributed by atoms with van der Waals surface area (Å²) >= 11 is 0. The van der Waals surface area contributed by atoms with Crippen LogP contribution in [-0.4, -0.2) is 53.1 Å². The summed E-state index contributed by atoms with van der Waals surface area (Å²) < 4.78 is 48.6. The van der Waals surface area contributed by atoms with E-state index in [1.165, 1.54) is 0 Å². The highest BCUT2D eigenvalue weighted by Crippen LogP contribution is 2.27. The number of hydrogen-bond donors (Lipinski definition) is 1. The lowest BCUT2D eigenvalue weighted by molar-refractivity contribution is -0.120. The van der Waals surface area contributed by atoms with Crippen LogP contribution in [0.4, 0.5) is 5.69 Å². The van der Waals surface area contributed by atoms with E-state index in [0.29, 0.717) is 18.5 Å². The molecule has 2 rings (SSSR count). The van der Waals surface area contributed by atoms with Gasteiger partial charge in [0.25, 0.3) is 0 Å². The Hall–Kier alpha value is -1.61. The van der Waals surface area contributed by atoms with Crippen molar-refractivity contribution in [2.45, 2.75) is 32.7 Å². The number of carbonyl (C=O) groups excluding carboxylic acids is 1. The molecule has 1 saturated heterocycles. The predicted octanol–water partition coefficient (Wildman–Crippen LogP) is 0.627. The van der Waals surface area contributed by atoms with Gasteiger partial charge in [0.1, 0.15) is 6.54 Å². The van der Waals surface area contributed by atoms with Gasteiger partial charge < -0.3 is 5.32 Å². The fourth-order valence-corrected chi connectivity index (χ4v) is 5.65. The number of sulfone groups is 1. The molecule has 0 aromatic heterocycles. The maximum Gasteiger partial charge on any atom is 0.241 e. The van der Waals surface area contributed by atoms with Crippen molar-refractivity contribution >= 4 is 31.5 Å². The molecule has 140 valence electrons. The van der Waals surface area contributed by atoms with Crippen LogP contribution in [0.2, 0.25) is 0 Å². The van der Waals surface area contributed by atoms with Gasteiger partial charge in [-0.3, -0.25) is 9.10 Å². The number of nitrogens with zero attached hydrogens (tertiary/aromatic N) is 1. The summed E-state index contributed by atoms with van der Waals surface area (Å²) in [4.78, 5) is 12.3. The largest absolute Gasteiger partial charge is 0.351 e. The molecule has 0 bridgehead atoms. The second kappa shape index (κ2) is 7.33. The van der Waals surface area contributed by atoms with Gasteiger partial charge in [-0.1, -0.05) is 25.1 Å². The predicted molar refractivity (Wildman–Crippen MR) is 97.9 cm³/mol. The monoisotopic (exact) mass is 388 g/mol. The number of aryl methyl sites for hydroxylation is 2. The highest BCUT2D eigenvalue weighted by atomic mass is 32.2. The summed E-state index contributed by atoms with van der Waals surface area (Å²) in [5.74, 6) is -0.550. The van der Waals surface area contributed by atoms with Crippen molar-refractivity contribution in [2.24, 2.45) is 0 Å². The summed E-state index contributed by atoms with van der Waals surface area (Å²) in [5, 5.41) is 2.64. The van der Waals surface area contributed by atoms with Gasteiger partial charge >= 0.3 is 0 Å². The van der Waals surface area contributed by atoms with Gasteiger partial charge in [0.15, 0.2) is 9.84 Å².